The van der Waals surface area contributed by atoms with Crippen LogP contribution in [0.25, 0.3) is 0 Å². The smallest absolute Gasteiger partial charge is 0.337 e. The second-order valence-electron chi connectivity index (χ2n) is 5.89. The van der Waals surface area contributed by atoms with Crippen LogP contribution in [-0.4, -0.2) is 52.3 Å². The number of esters is 1. The third-order valence-electron chi connectivity index (χ3n) is 3.71. The molecule has 2 aromatic rings. The van der Waals surface area contributed by atoms with Crippen LogP contribution < -0.4 is 9.62 Å². The minimum atomic E-state index is -4.01. The molecule has 10 heteroatoms. The number of amides is 1. The number of methoxy groups -OCH3 is 1. The number of hydrogen-bond acceptors (Lipinski definition) is 5. The fraction of sp³-hybridized carbons (Fsp3) is 0.222. The molecule has 1 N–H and O–H groups in total. The molecular weight excluding hydrogens is 389 g/mol. The lowest BCUT2D eigenvalue weighted by atomic mass is 10.2. The number of halogens is 1. The molecule has 0 aromatic heterocycles. The lowest BCUT2D eigenvalue weighted by Crippen LogP contribution is -2.44. The average molecular weight is 409 g/mol. The van der Waals surface area contributed by atoms with Crippen LogP contribution in [0.5, 0.6) is 0 Å². The topological polar surface area (TPSA) is 96.0 Å². The molecule has 2 aromatic carbocycles. The maximum absolute atomic E-state index is 13.2. The summed E-state index contributed by atoms with van der Waals surface area (Å²) in [5.41, 5.74) is 0.666. The largest absolute Gasteiger partial charge is 0.465 e. The van der Waals surface area contributed by atoms with Crippen molar-refractivity contribution < 1.29 is 27.1 Å². The molecule has 0 radical (unpaired) electrons. The summed E-state index contributed by atoms with van der Waals surface area (Å²) in [5.74, 6) is -1.74. The van der Waals surface area contributed by atoms with Gasteiger partial charge in [0, 0.05) is 19.8 Å². The van der Waals surface area contributed by atoms with E-state index in [1.807, 2.05) is 0 Å². The van der Waals surface area contributed by atoms with Crippen molar-refractivity contribution in [3.05, 3.63) is 59.9 Å². The molecule has 150 valence electrons. The Morgan fingerprint density at radius 1 is 1.11 bits per heavy atom. The molecule has 0 aliphatic heterocycles. The molecule has 0 aliphatic carbocycles. The molecule has 0 unspecified atom stereocenters. The van der Waals surface area contributed by atoms with Gasteiger partial charge in [-0.25, -0.2) is 13.5 Å². The maximum atomic E-state index is 13.2. The molecule has 0 spiro atoms. The van der Waals surface area contributed by atoms with Crippen LogP contribution in [0.4, 0.5) is 15.8 Å². The standard InChI is InChI=1S/C18H20FN3O5S/c1-21(2)28(25,26)22(16-9-7-14(19)8-10-16)12-17(23)20-15-6-4-5-13(11-15)18(24)27-3/h4-11H,12H2,1-3H3,(H,20,23). The van der Waals surface area contributed by atoms with Crippen molar-refractivity contribution in [2.24, 2.45) is 0 Å². The molecule has 0 fully saturated rings. The highest BCUT2D eigenvalue weighted by Crippen LogP contribution is 2.20. The third kappa shape index (κ3) is 5.05. The SMILES string of the molecule is COC(=O)c1cccc(NC(=O)CN(c2ccc(F)cc2)S(=O)(=O)N(C)C)c1. The number of carbonyl (C=O) groups excluding carboxylic acids is 2. The second kappa shape index (κ2) is 8.81. The van der Waals surface area contributed by atoms with E-state index in [-0.39, 0.29) is 11.3 Å². The molecule has 0 aliphatic rings. The Bertz CT molecular complexity index is 961. The maximum Gasteiger partial charge on any atom is 0.337 e. The quantitative estimate of drug-likeness (QED) is 0.705. The molecule has 28 heavy (non-hydrogen) atoms. The molecule has 2 rings (SSSR count). The third-order valence-corrected chi connectivity index (χ3v) is 5.53. The number of hydrogen-bond donors (Lipinski definition) is 1. The van der Waals surface area contributed by atoms with Crippen LogP contribution in [-0.2, 0) is 19.7 Å². The Kier molecular flexibility index (Phi) is 6.71. The van der Waals surface area contributed by atoms with E-state index in [0.717, 1.165) is 20.7 Å². The zero-order valence-electron chi connectivity index (χ0n) is 15.5. The van der Waals surface area contributed by atoms with Gasteiger partial charge in [-0.1, -0.05) is 6.07 Å². The fourth-order valence-electron chi connectivity index (χ4n) is 2.28. The highest BCUT2D eigenvalue weighted by molar-refractivity contribution is 7.90. The van der Waals surface area contributed by atoms with Crippen molar-refractivity contribution >= 4 is 33.5 Å². The number of nitrogens with zero attached hydrogens (tertiary/aromatic N) is 2. The first-order chi connectivity index (χ1) is 13.1. The van der Waals surface area contributed by atoms with Crippen LogP contribution in [0.2, 0.25) is 0 Å². The normalized spacial score (nSPS) is 11.2. The van der Waals surface area contributed by atoms with Gasteiger partial charge in [0.1, 0.15) is 12.4 Å². The van der Waals surface area contributed by atoms with Crippen LogP contribution in [0.3, 0.4) is 0 Å². The number of rotatable bonds is 7. The van der Waals surface area contributed by atoms with Gasteiger partial charge in [-0.05, 0) is 42.5 Å². The van der Waals surface area contributed by atoms with Gasteiger partial charge in [0.25, 0.3) is 0 Å². The summed E-state index contributed by atoms with van der Waals surface area (Å²) in [5, 5.41) is 2.54. The second-order valence-corrected chi connectivity index (χ2v) is 7.96. The molecule has 0 saturated heterocycles. The summed E-state index contributed by atoms with van der Waals surface area (Å²) in [6, 6.07) is 10.8. The first-order valence-corrected chi connectivity index (χ1v) is 9.49. The summed E-state index contributed by atoms with van der Waals surface area (Å²) in [6.07, 6.45) is 0. The molecule has 0 saturated carbocycles. The zero-order valence-corrected chi connectivity index (χ0v) is 16.4. The van der Waals surface area contributed by atoms with Gasteiger partial charge in [-0.2, -0.15) is 12.7 Å². The van der Waals surface area contributed by atoms with Crippen molar-refractivity contribution in [2.75, 3.05) is 37.4 Å². The first kappa shape index (κ1) is 21.3. The monoisotopic (exact) mass is 409 g/mol. The fourth-order valence-corrected chi connectivity index (χ4v) is 3.35. The Morgan fingerprint density at radius 2 is 1.75 bits per heavy atom. The van der Waals surface area contributed by atoms with E-state index in [1.165, 1.54) is 45.5 Å². The van der Waals surface area contributed by atoms with Gasteiger partial charge < -0.3 is 10.1 Å². The van der Waals surface area contributed by atoms with Crippen LogP contribution in [0.1, 0.15) is 10.4 Å². The number of ether oxygens (including phenoxy) is 1. The summed E-state index contributed by atoms with van der Waals surface area (Å²) < 4.78 is 44.8. The van der Waals surface area contributed by atoms with Crippen molar-refractivity contribution in [1.29, 1.82) is 0 Å². The van der Waals surface area contributed by atoms with Crippen LogP contribution in [0, 0.1) is 5.82 Å². The van der Waals surface area contributed by atoms with Crippen molar-refractivity contribution in [3.63, 3.8) is 0 Å². The Morgan fingerprint density at radius 3 is 2.32 bits per heavy atom. The van der Waals surface area contributed by atoms with Crippen molar-refractivity contribution in [3.8, 4) is 0 Å². The van der Waals surface area contributed by atoms with Crippen molar-refractivity contribution in [2.45, 2.75) is 0 Å². The summed E-state index contributed by atoms with van der Waals surface area (Å²) in [6.45, 7) is -0.547. The van der Waals surface area contributed by atoms with Gasteiger partial charge in [0.05, 0.1) is 18.4 Å². The zero-order chi connectivity index (χ0) is 20.9. The van der Waals surface area contributed by atoms with Crippen LogP contribution >= 0.6 is 0 Å². The summed E-state index contributed by atoms with van der Waals surface area (Å²) >= 11 is 0. The van der Waals surface area contributed by atoms with Gasteiger partial charge in [-0.3, -0.25) is 4.79 Å². The molecule has 0 heterocycles. The number of carbonyl (C=O) groups is 2. The van der Waals surface area contributed by atoms with Crippen LogP contribution in [0.15, 0.2) is 48.5 Å². The van der Waals surface area contributed by atoms with E-state index in [9.17, 15) is 22.4 Å². The highest BCUT2D eigenvalue weighted by Gasteiger charge is 2.27. The van der Waals surface area contributed by atoms with Gasteiger partial charge in [0.15, 0.2) is 0 Å². The highest BCUT2D eigenvalue weighted by atomic mass is 32.2. The van der Waals surface area contributed by atoms with E-state index in [1.54, 1.807) is 12.1 Å². The number of benzene rings is 2. The Labute approximate surface area is 162 Å². The first-order valence-electron chi connectivity index (χ1n) is 8.09. The van der Waals surface area contributed by atoms with E-state index in [4.69, 9.17) is 0 Å². The van der Waals surface area contributed by atoms with Gasteiger partial charge >= 0.3 is 16.2 Å². The molecular formula is C18H20FN3O5S. The Hall–Kier alpha value is -2.98. The van der Waals surface area contributed by atoms with Gasteiger partial charge in [0.2, 0.25) is 5.91 Å². The average Bonchev–Trinajstić information content (AvgIpc) is 2.66. The molecule has 8 nitrogen and oxygen atoms in total. The molecule has 0 atom stereocenters. The van der Waals surface area contributed by atoms with E-state index >= 15 is 0 Å². The van der Waals surface area contributed by atoms with Gasteiger partial charge in [-0.15, -0.1) is 0 Å². The predicted molar refractivity (Wildman–Crippen MR) is 103 cm³/mol. The van der Waals surface area contributed by atoms with Crippen molar-refractivity contribution in [1.82, 2.24) is 4.31 Å². The molecule has 1 amide bonds. The minimum Gasteiger partial charge on any atom is -0.465 e. The van der Waals surface area contributed by atoms with E-state index in [2.05, 4.69) is 10.1 Å². The minimum absolute atomic E-state index is 0.133. The predicted octanol–water partition coefficient (Wildman–Crippen LogP) is 1.86. The summed E-state index contributed by atoms with van der Waals surface area (Å²) in [4.78, 5) is 24.0. The number of nitrogens with one attached hydrogen (secondary N) is 1. The van der Waals surface area contributed by atoms with E-state index in [0.29, 0.717) is 5.69 Å². The lowest BCUT2D eigenvalue weighted by molar-refractivity contribution is -0.114. The summed E-state index contributed by atoms with van der Waals surface area (Å²) in [7, 11) is -0.126. The Balaban J connectivity index is 2.26. The molecule has 0 bridgehead atoms. The van der Waals surface area contributed by atoms with E-state index < -0.39 is 34.4 Å². The number of anilines is 2. The lowest BCUT2D eigenvalue weighted by Gasteiger charge is -2.26.